The Hall–Kier alpha value is -0.610. The van der Waals surface area contributed by atoms with Gasteiger partial charge in [0.05, 0.1) is 19.2 Å². The van der Waals surface area contributed by atoms with E-state index in [1.807, 2.05) is 4.90 Å². The standard InChI is InChI=1S/C21H41N5O2.HI/c1-6-22-20(23-16-18(28-5)21(2,3)4)26-14-12-24(13-15-26)17-19(27)25-10-8-7-9-11-25;/h18H,6-17H2,1-5H3,(H,22,23);1H. The molecule has 0 bridgehead atoms. The van der Waals surface area contributed by atoms with Gasteiger partial charge >= 0.3 is 0 Å². The molecule has 0 saturated carbocycles. The van der Waals surface area contributed by atoms with Gasteiger partial charge in [0.25, 0.3) is 0 Å². The van der Waals surface area contributed by atoms with Crippen LogP contribution in [0, 0.1) is 5.41 Å². The van der Waals surface area contributed by atoms with Crippen molar-refractivity contribution in [2.24, 2.45) is 10.4 Å². The van der Waals surface area contributed by atoms with Crippen LogP contribution in [0.4, 0.5) is 0 Å². The van der Waals surface area contributed by atoms with Crippen LogP contribution in [0.3, 0.4) is 0 Å². The van der Waals surface area contributed by atoms with E-state index in [4.69, 9.17) is 9.73 Å². The molecule has 7 nitrogen and oxygen atoms in total. The fourth-order valence-corrected chi connectivity index (χ4v) is 3.85. The monoisotopic (exact) mass is 523 g/mol. The van der Waals surface area contributed by atoms with E-state index < -0.39 is 0 Å². The molecule has 170 valence electrons. The molecule has 0 aromatic rings. The van der Waals surface area contributed by atoms with Crippen LogP contribution in [0.15, 0.2) is 4.99 Å². The van der Waals surface area contributed by atoms with Crippen molar-refractivity contribution in [2.75, 3.05) is 66.0 Å². The lowest BCUT2D eigenvalue weighted by atomic mass is 9.89. The molecule has 0 aromatic carbocycles. The van der Waals surface area contributed by atoms with Crippen LogP contribution < -0.4 is 5.32 Å². The Labute approximate surface area is 194 Å². The predicted octanol–water partition coefficient (Wildman–Crippen LogP) is 2.26. The number of ether oxygens (including phenoxy) is 1. The van der Waals surface area contributed by atoms with Gasteiger partial charge in [-0.3, -0.25) is 14.7 Å². The SMILES string of the molecule is CCNC(=NCC(OC)C(C)(C)C)N1CCN(CC(=O)N2CCCCC2)CC1.I. The molecule has 0 aromatic heterocycles. The molecular weight excluding hydrogens is 481 g/mol. The first-order valence-corrected chi connectivity index (χ1v) is 10.9. The summed E-state index contributed by atoms with van der Waals surface area (Å²) in [6.45, 7) is 16.2. The van der Waals surface area contributed by atoms with E-state index in [0.717, 1.165) is 64.6 Å². The van der Waals surface area contributed by atoms with E-state index >= 15 is 0 Å². The number of guanidine groups is 1. The maximum Gasteiger partial charge on any atom is 0.236 e. The smallest absolute Gasteiger partial charge is 0.236 e. The second-order valence-electron chi connectivity index (χ2n) is 8.99. The number of hydrogen-bond donors (Lipinski definition) is 1. The fourth-order valence-electron chi connectivity index (χ4n) is 3.85. The summed E-state index contributed by atoms with van der Waals surface area (Å²) in [5, 5.41) is 3.42. The van der Waals surface area contributed by atoms with Crippen LogP contribution in [-0.2, 0) is 9.53 Å². The Bertz CT molecular complexity index is 510. The van der Waals surface area contributed by atoms with Crippen molar-refractivity contribution in [1.29, 1.82) is 0 Å². The van der Waals surface area contributed by atoms with Crippen molar-refractivity contribution >= 4 is 35.8 Å². The van der Waals surface area contributed by atoms with Crippen LogP contribution in [0.25, 0.3) is 0 Å². The van der Waals surface area contributed by atoms with Gasteiger partial charge in [-0.1, -0.05) is 20.8 Å². The number of amides is 1. The van der Waals surface area contributed by atoms with Gasteiger partial charge in [-0.2, -0.15) is 0 Å². The lowest BCUT2D eigenvalue weighted by Gasteiger charge is -2.37. The number of carbonyl (C=O) groups is 1. The van der Waals surface area contributed by atoms with Gasteiger partial charge in [0.2, 0.25) is 5.91 Å². The third-order valence-corrected chi connectivity index (χ3v) is 5.73. The quantitative estimate of drug-likeness (QED) is 0.329. The highest BCUT2D eigenvalue weighted by atomic mass is 127. The van der Waals surface area contributed by atoms with Crippen LogP contribution in [0.2, 0.25) is 0 Å². The van der Waals surface area contributed by atoms with E-state index in [2.05, 4.69) is 42.8 Å². The first kappa shape index (κ1) is 26.4. The lowest BCUT2D eigenvalue weighted by Crippen LogP contribution is -2.54. The number of methoxy groups -OCH3 is 1. The number of rotatable bonds is 6. The third kappa shape index (κ3) is 8.57. The predicted molar refractivity (Wildman–Crippen MR) is 130 cm³/mol. The van der Waals surface area contributed by atoms with Crippen molar-refractivity contribution in [2.45, 2.75) is 53.1 Å². The highest BCUT2D eigenvalue weighted by molar-refractivity contribution is 14.0. The molecule has 0 radical (unpaired) electrons. The minimum Gasteiger partial charge on any atom is -0.379 e. The van der Waals surface area contributed by atoms with Gasteiger partial charge in [-0.15, -0.1) is 24.0 Å². The van der Waals surface area contributed by atoms with E-state index in [9.17, 15) is 4.79 Å². The highest BCUT2D eigenvalue weighted by Crippen LogP contribution is 2.22. The number of carbonyl (C=O) groups excluding carboxylic acids is 1. The Kier molecular flexibility index (Phi) is 11.8. The molecule has 2 heterocycles. The third-order valence-electron chi connectivity index (χ3n) is 5.73. The summed E-state index contributed by atoms with van der Waals surface area (Å²) in [5.74, 6) is 1.25. The number of aliphatic imine (C=N–C) groups is 1. The van der Waals surface area contributed by atoms with E-state index in [0.29, 0.717) is 19.0 Å². The van der Waals surface area contributed by atoms with Crippen molar-refractivity contribution in [3.63, 3.8) is 0 Å². The summed E-state index contributed by atoms with van der Waals surface area (Å²) in [5.41, 5.74) is 0.0586. The number of likely N-dealkylation sites (tertiary alicyclic amines) is 1. The molecule has 1 N–H and O–H groups in total. The van der Waals surface area contributed by atoms with Crippen molar-refractivity contribution < 1.29 is 9.53 Å². The van der Waals surface area contributed by atoms with Crippen molar-refractivity contribution in [1.82, 2.24) is 20.0 Å². The minimum atomic E-state index is 0. The van der Waals surface area contributed by atoms with Crippen molar-refractivity contribution in [3.05, 3.63) is 0 Å². The van der Waals surface area contributed by atoms with Crippen LogP contribution >= 0.6 is 24.0 Å². The fraction of sp³-hybridized carbons (Fsp3) is 0.905. The maximum absolute atomic E-state index is 12.5. The summed E-state index contributed by atoms with van der Waals surface area (Å²) in [4.78, 5) is 24.0. The largest absolute Gasteiger partial charge is 0.379 e. The molecule has 2 rings (SSSR count). The molecule has 0 spiro atoms. The molecule has 0 aliphatic carbocycles. The summed E-state index contributed by atoms with van der Waals surface area (Å²) in [6.07, 6.45) is 3.65. The number of nitrogens with one attached hydrogen (secondary N) is 1. The van der Waals surface area contributed by atoms with E-state index in [-0.39, 0.29) is 35.5 Å². The summed E-state index contributed by atoms with van der Waals surface area (Å²) < 4.78 is 5.65. The molecular formula is C21H42IN5O2. The molecule has 29 heavy (non-hydrogen) atoms. The van der Waals surface area contributed by atoms with Crippen molar-refractivity contribution in [3.8, 4) is 0 Å². The van der Waals surface area contributed by atoms with Gasteiger partial charge in [0, 0.05) is 52.9 Å². The Morgan fingerprint density at radius 2 is 1.66 bits per heavy atom. The molecule has 2 aliphatic heterocycles. The van der Waals surface area contributed by atoms with Crippen LogP contribution in [-0.4, -0.2) is 98.7 Å². The van der Waals surface area contributed by atoms with Gasteiger partial charge < -0.3 is 19.9 Å². The van der Waals surface area contributed by atoms with E-state index in [1.54, 1.807) is 7.11 Å². The summed E-state index contributed by atoms with van der Waals surface area (Å²) >= 11 is 0. The minimum absolute atomic E-state index is 0. The number of halogens is 1. The Balaban J connectivity index is 0.00000420. The second kappa shape index (κ2) is 12.9. The normalized spacial score (nSPS) is 20.2. The maximum atomic E-state index is 12.5. The zero-order chi connectivity index (χ0) is 20.6. The van der Waals surface area contributed by atoms with Gasteiger partial charge in [-0.05, 0) is 31.6 Å². The molecule has 8 heteroatoms. The average molecular weight is 524 g/mol. The molecule has 2 aliphatic rings. The molecule has 2 saturated heterocycles. The number of nitrogens with zero attached hydrogens (tertiary/aromatic N) is 4. The highest BCUT2D eigenvalue weighted by Gasteiger charge is 2.26. The van der Waals surface area contributed by atoms with E-state index in [1.165, 1.54) is 6.42 Å². The Morgan fingerprint density at radius 1 is 1.03 bits per heavy atom. The van der Waals surface area contributed by atoms with Gasteiger partial charge in [0.15, 0.2) is 5.96 Å². The number of piperidine rings is 1. The molecule has 1 unspecified atom stereocenters. The number of piperazine rings is 1. The topological polar surface area (TPSA) is 60.4 Å². The molecule has 2 fully saturated rings. The lowest BCUT2D eigenvalue weighted by molar-refractivity contribution is -0.133. The summed E-state index contributed by atoms with van der Waals surface area (Å²) in [6, 6.07) is 0. The van der Waals surface area contributed by atoms with Gasteiger partial charge in [0.1, 0.15) is 0 Å². The van der Waals surface area contributed by atoms with Crippen LogP contribution in [0.5, 0.6) is 0 Å². The van der Waals surface area contributed by atoms with Gasteiger partial charge in [-0.25, -0.2) is 0 Å². The zero-order valence-electron chi connectivity index (χ0n) is 19.1. The number of hydrogen-bond acceptors (Lipinski definition) is 4. The zero-order valence-corrected chi connectivity index (χ0v) is 21.4. The average Bonchev–Trinajstić information content (AvgIpc) is 2.68. The molecule has 1 atom stereocenters. The van der Waals surface area contributed by atoms with Crippen LogP contribution in [0.1, 0.15) is 47.0 Å². The molecule has 1 amide bonds. The Morgan fingerprint density at radius 3 is 2.17 bits per heavy atom. The first-order chi connectivity index (χ1) is 13.3. The first-order valence-electron chi connectivity index (χ1n) is 10.9. The summed E-state index contributed by atoms with van der Waals surface area (Å²) in [7, 11) is 1.76. The second-order valence-corrected chi connectivity index (χ2v) is 8.99.